The largest absolute Gasteiger partial charge is 0.301 e. The van der Waals surface area contributed by atoms with Crippen LogP contribution < -0.4 is 0 Å². The molecule has 2 rings (SSSR count). The van der Waals surface area contributed by atoms with E-state index >= 15 is 0 Å². The van der Waals surface area contributed by atoms with Gasteiger partial charge in [0, 0.05) is 5.56 Å². The van der Waals surface area contributed by atoms with Crippen LogP contribution in [0.3, 0.4) is 0 Å². The van der Waals surface area contributed by atoms with E-state index in [9.17, 15) is 9.59 Å². The number of rotatable bonds is 1. The van der Waals surface area contributed by atoms with Crippen LogP contribution in [0, 0.1) is 0 Å². The lowest BCUT2D eigenvalue weighted by atomic mass is 10.0. The summed E-state index contributed by atoms with van der Waals surface area (Å²) in [5, 5.41) is 6.96. The highest BCUT2D eigenvalue weighted by Crippen LogP contribution is 2.24. The van der Waals surface area contributed by atoms with E-state index in [0.717, 1.165) is 0 Å². The number of hydrogen-bond acceptors (Lipinski definition) is 3. The van der Waals surface area contributed by atoms with Crippen LogP contribution in [0.15, 0.2) is 34.5 Å². The van der Waals surface area contributed by atoms with Gasteiger partial charge in [0.1, 0.15) is 0 Å². The van der Waals surface area contributed by atoms with Crippen LogP contribution in [-0.4, -0.2) is 12.2 Å². The monoisotopic (exact) mass is 174 g/mol. The second kappa shape index (κ2) is 2.90. The topological polar surface area (TPSA) is 58.9 Å². The highest BCUT2D eigenvalue weighted by molar-refractivity contribution is 5.98. The van der Waals surface area contributed by atoms with E-state index in [1.165, 1.54) is 0 Å². The molecule has 1 atom stereocenters. The fourth-order valence-corrected chi connectivity index (χ4v) is 1.28. The van der Waals surface area contributed by atoms with Crippen molar-refractivity contribution in [1.82, 2.24) is 0 Å². The summed E-state index contributed by atoms with van der Waals surface area (Å²) < 4.78 is 0. The molecular weight excluding hydrogens is 168 g/mol. The minimum atomic E-state index is -0.617. The maximum absolute atomic E-state index is 11.2. The molecule has 1 heterocycles. The van der Waals surface area contributed by atoms with Gasteiger partial charge in [-0.15, -0.1) is 5.11 Å². The number of nitrogens with zero attached hydrogens (tertiary/aromatic N) is 2. The molecule has 0 radical (unpaired) electrons. The van der Waals surface area contributed by atoms with Crippen LogP contribution in [0.1, 0.15) is 22.0 Å². The third-order valence-corrected chi connectivity index (χ3v) is 1.91. The van der Waals surface area contributed by atoms with Gasteiger partial charge in [0.2, 0.25) is 0 Å². The molecule has 1 unspecified atom stereocenters. The molecule has 1 aliphatic rings. The van der Waals surface area contributed by atoms with Gasteiger partial charge in [0.15, 0.2) is 12.3 Å². The standard InChI is InChI=1S/C9H6N2O2/c12-5-8-6-3-1-2-4-7(6)9(13)11-10-8/h1-5,8H. The summed E-state index contributed by atoms with van der Waals surface area (Å²) in [5.41, 5.74) is 1.10. The number of carbonyl (C=O) groups excluding carboxylic acids is 2. The van der Waals surface area contributed by atoms with Gasteiger partial charge in [-0.2, -0.15) is 5.11 Å². The zero-order valence-corrected chi connectivity index (χ0v) is 6.68. The molecule has 0 bridgehead atoms. The van der Waals surface area contributed by atoms with Gasteiger partial charge in [-0.05, 0) is 11.6 Å². The Bertz CT molecular complexity index is 398. The highest BCUT2D eigenvalue weighted by atomic mass is 16.2. The van der Waals surface area contributed by atoms with Crippen molar-refractivity contribution < 1.29 is 9.59 Å². The lowest BCUT2D eigenvalue weighted by Gasteiger charge is -2.11. The minimum absolute atomic E-state index is 0.381. The molecular formula is C9H6N2O2. The molecule has 1 aliphatic heterocycles. The van der Waals surface area contributed by atoms with Gasteiger partial charge < -0.3 is 4.79 Å². The Balaban J connectivity index is 2.60. The summed E-state index contributed by atoms with van der Waals surface area (Å²) >= 11 is 0. The normalized spacial score (nSPS) is 19.7. The summed E-state index contributed by atoms with van der Waals surface area (Å²) in [5.74, 6) is -0.381. The second-order valence-electron chi connectivity index (χ2n) is 2.69. The Morgan fingerprint density at radius 3 is 2.85 bits per heavy atom. The van der Waals surface area contributed by atoms with Crippen molar-refractivity contribution in [3.05, 3.63) is 35.4 Å². The average molecular weight is 174 g/mol. The lowest BCUT2D eigenvalue weighted by Crippen LogP contribution is -2.10. The van der Waals surface area contributed by atoms with E-state index in [2.05, 4.69) is 10.2 Å². The van der Waals surface area contributed by atoms with Gasteiger partial charge >= 0.3 is 0 Å². The molecule has 64 valence electrons. The van der Waals surface area contributed by atoms with E-state index in [1.54, 1.807) is 24.3 Å². The van der Waals surface area contributed by atoms with Crippen LogP contribution >= 0.6 is 0 Å². The Hall–Kier alpha value is -1.84. The number of azo groups is 1. The van der Waals surface area contributed by atoms with Crippen molar-refractivity contribution in [2.75, 3.05) is 0 Å². The summed E-state index contributed by atoms with van der Waals surface area (Å²) in [7, 11) is 0. The summed E-state index contributed by atoms with van der Waals surface area (Å²) in [6, 6.07) is 6.24. The maximum Gasteiger partial charge on any atom is 0.295 e. The first-order valence-corrected chi connectivity index (χ1v) is 3.82. The van der Waals surface area contributed by atoms with Crippen molar-refractivity contribution in [2.24, 2.45) is 10.2 Å². The van der Waals surface area contributed by atoms with Crippen LogP contribution in [0.5, 0.6) is 0 Å². The molecule has 0 N–H and O–H groups in total. The van der Waals surface area contributed by atoms with Gasteiger partial charge in [0.05, 0.1) is 0 Å². The van der Waals surface area contributed by atoms with Gasteiger partial charge in [-0.3, -0.25) is 4.79 Å². The molecule has 0 spiro atoms. The zero-order chi connectivity index (χ0) is 9.26. The maximum atomic E-state index is 11.2. The van der Waals surface area contributed by atoms with Crippen LogP contribution in [0.25, 0.3) is 0 Å². The molecule has 0 aliphatic carbocycles. The SMILES string of the molecule is O=CC1N=NC(=O)c2ccccc21. The fraction of sp³-hybridized carbons (Fsp3) is 0.111. The van der Waals surface area contributed by atoms with Gasteiger partial charge in [-0.1, -0.05) is 18.2 Å². The molecule has 0 aromatic heterocycles. The van der Waals surface area contributed by atoms with Crippen molar-refractivity contribution in [3.63, 3.8) is 0 Å². The van der Waals surface area contributed by atoms with Crippen molar-refractivity contribution >= 4 is 12.2 Å². The Labute approximate surface area is 74.3 Å². The number of benzene rings is 1. The molecule has 4 nitrogen and oxygen atoms in total. The molecule has 0 fully saturated rings. The molecule has 4 heteroatoms. The third kappa shape index (κ3) is 1.16. The Morgan fingerprint density at radius 1 is 1.31 bits per heavy atom. The molecule has 1 amide bonds. The van der Waals surface area contributed by atoms with Crippen molar-refractivity contribution in [1.29, 1.82) is 0 Å². The smallest absolute Gasteiger partial charge is 0.295 e. The zero-order valence-electron chi connectivity index (χ0n) is 6.68. The van der Waals surface area contributed by atoms with Crippen molar-refractivity contribution in [3.8, 4) is 0 Å². The average Bonchev–Trinajstić information content (AvgIpc) is 2.19. The van der Waals surface area contributed by atoms with E-state index < -0.39 is 6.04 Å². The van der Waals surface area contributed by atoms with E-state index in [-0.39, 0.29) is 5.91 Å². The van der Waals surface area contributed by atoms with Gasteiger partial charge in [0.25, 0.3) is 5.91 Å². The van der Waals surface area contributed by atoms with Crippen LogP contribution in [0.4, 0.5) is 0 Å². The molecule has 0 saturated carbocycles. The van der Waals surface area contributed by atoms with Crippen LogP contribution in [-0.2, 0) is 4.79 Å². The molecule has 0 saturated heterocycles. The predicted octanol–water partition coefficient (Wildman–Crippen LogP) is 1.53. The number of hydrogen-bond donors (Lipinski definition) is 0. The number of amides is 1. The molecule has 13 heavy (non-hydrogen) atoms. The number of carbonyl (C=O) groups is 2. The first kappa shape index (κ1) is 7.79. The minimum Gasteiger partial charge on any atom is -0.301 e. The van der Waals surface area contributed by atoms with E-state index in [0.29, 0.717) is 17.4 Å². The van der Waals surface area contributed by atoms with Crippen LogP contribution in [0.2, 0.25) is 0 Å². The third-order valence-electron chi connectivity index (χ3n) is 1.91. The number of aldehydes is 1. The summed E-state index contributed by atoms with van der Waals surface area (Å²) in [6.45, 7) is 0. The first-order valence-electron chi connectivity index (χ1n) is 3.82. The van der Waals surface area contributed by atoms with Gasteiger partial charge in [-0.25, -0.2) is 0 Å². The van der Waals surface area contributed by atoms with E-state index in [4.69, 9.17) is 0 Å². The van der Waals surface area contributed by atoms with Crippen molar-refractivity contribution in [2.45, 2.75) is 6.04 Å². The second-order valence-corrected chi connectivity index (χ2v) is 2.69. The lowest BCUT2D eigenvalue weighted by molar-refractivity contribution is -0.109. The van der Waals surface area contributed by atoms with E-state index in [1.807, 2.05) is 0 Å². The Kier molecular flexibility index (Phi) is 1.73. The first-order chi connectivity index (χ1) is 6.33. The predicted molar refractivity (Wildman–Crippen MR) is 44.4 cm³/mol. The fourth-order valence-electron chi connectivity index (χ4n) is 1.28. The highest BCUT2D eigenvalue weighted by Gasteiger charge is 2.22. The Morgan fingerprint density at radius 2 is 2.08 bits per heavy atom. The summed E-state index contributed by atoms with van der Waals surface area (Å²) in [6.07, 6.45) is 0.675. The molecule has 1 aromatic rings. The quantitative estimate of drug-likeness (QED) is 0.606. The number of fused-ring (bicyclic) bond motifs is 1. The molecule has 1 aromatic carbocycles. The summed E-state index contributed by atoms with van der Waals surface area (Å²) in [4.78, 5) is 21.7.